The van der Waals surface area contributed by atoms with Crippen LogP contribution >= 0.6 is 0 Å². The molecule has 0 fully saturated rings. The Morgan fingerprint density at radius 3 is 2.57 bits per heavy atom. The van der Waals surface area contributed by atoms with Crippen molar-refractivity contribution >= 4 is 0 Å². The average Bonchev–Trinajstić information content (AvgIpc) is 2.68. The Labute approximate surface area is 125 Å². The Morgan fingerprint density at radius 2 is 1.95 bits per heavy atom. The van der Waals surface area contributed by atoms with Gasteiger partial charge in [-0.05, 0) is 39.3 Å². The maximum absolute atomic E-state index is 6.07. The molecule has 2 aromatic rings. The molecule has 1 unspecified atom stereocenters. The number of hydrogen-bond acceptors (Lipinski definition) is 4. The molecular formula is C16H23N3O2. The first-order valence-electron chi connectivity index (χ1n) is 7.20. The molecule has 0 radical (unpaired) electrons. The minimum atomic E-state index is 0.0531. The van der Waals surface area contributed by atoms with Crippen LogP contribution < -0.4 is 15.2 Å². The highest BCUT2D eigenvalue weighted by Gasteiger charge is 2.18. The number of nitrogens with two attached hydrogens (primary N) is 1. The molecular weight excluding hydrogens is 266 g/mol. The number of rotatable bonds is 6. The standard InChI is InChI=1S/C16H23N3O2/c1-5-20-14-8-6-7-9-15(14)21-16-13(10-11(2)17)12(3)18-19(16)4/h6-9,11H,5,10,17H2,1-4H3. The van der Waals surface area contributed by atoms with Crippen LogP contribution in [0, 0.1) is 6.92 Å². The summed E-state index contributed by atoms with van der Waals surface area (Å²) in [4.78, 5) is 0. The van der Waals surface area contributed by atoms with Crippen molar-refractivity contribution in [2.24, 2.45) is 12.8 Å². The lowest BCUT2D eigenvalue weighted by molar-refractivity contribution is 0.316. The summed E-state index contributed by atoms with van der Waals surface area (Å²) in [5.41, 5.74) is 7.91. The highest BCUT2D eigenvalue weighted by atomic mass is 16.5. The second-order valence-corrected chi connectivity index (χ2v) is 5.16. The zero-order valence-electron chi connectivity index (χ0n) is 13.1. The minimum absolute atomic E-state index is 0.0531. The first-order valence-corrected chi connectivity index (χ1v) is 7.20. The van der Waals surface area contributed by atoms with Crippen LogP contribution in [0.1, 0.15) is 25.1 Å². The SMILES string of the molecule is CCOc1ccccc1Oc1c(CC(C)N)c(C)nn1C. The molecule has 0 spiro atoms. The van der Waals surface area contributed by atoms with Crippen LogP contribution in [0.4, 0.5) is 0 Å². The molecule has 0 amide bonds. The maximum Gasteiger partial charge on any atom is 0.221 e. The van der Waals surface area contributed by atoms with E-state index in [9.17, 15) is 0 Å². The van der Waals surface area contributed by atoms with E-state index >= 15 is 0 Å². The summed E-state index contributed by atoms with van der Waals surface area (Å²) in [6.07, 6.45) is 0.728. The van der Waals surface area contributed by atoms with Gasteiger partial charge in [0.2, 0.25) is 5.88 Å². The van der Waals surface area contributed by atoms with Gasteiger partial charge in [0.25, 0.3) is 0 Å². The number of aryl methyl sites for hydroxylation is 2. The average molecular weight is 289 g/mol. The second kappa shape index (κ2) is 6.63. The van der Waals surface area contributed by atoms with Gasteiger partial charge in [-0.1, -0.05) is 12.1 Å². The van der Waals surface area contributed by atoms with E-state index < -0.39 is 0 Å². The van der Waals surface area contributed by atoms with Crippen LogP contribution in [-0.4, -0.2) is 22.4 Å². The van der Waals surface area contributed by atoms with Crippen molar-refractivity contribution < 1.29 is 9.47 Å². The fraction of sp³-hybridized carbons (Fsp3) is 0.438. The third-order valence-electron chi connectivity index (χ3n) is 3.17. The van der Waals surface area contributed by atoms with Gasteiger partial charge >= 0.3 is 0 Å². The molecule has 1 atom stereocenters. The molecule has 1 aromatic heterocycles. The highest BCUT2D eigenvalue weighted by Crippen LogP contribution is 2.34. The van der Waals surface area contributed by atoms with Crippen LogP contribution in [0.15, 0.2) is 24.3 Å². The molecule has 1 heterocycles. The van der Waals surface area contributed by atoms with Crippen LogP contribution in [0.25, 0.3) is 0 Å². The monoisotopic (exact) mass is 289 g/mol. The summed E-state index contributed by atoms with van der Waals surface area (Å²) < 4.78 is 13.4. The first kappa shape index (κ1) is 15.4. The van der Waals surface area contributed by atoms with Crippen molar-refractivity contribution in [1.82, 2.24) is 9.78 Å². The van der Waals surface area contributed by atoms with Crippen LogP contribution in [0.5, 0.6) is 17.4 Å². The molecule has 0 aliphatic heterocycles. The van der Waals surface area contributed by atoms with E-state index in [1.54, 1.807) is 4.68 Å². The molecule has 114 valence electrons. The smallest absolute Gasteiger partial charge is 0.221 e. The van der Waals surface area contributed by atoms with E-state index in [1.807, 2.05) is 52.1 Å². The van der Waals surface area contributed by atoms with Crippen molar-refractivity contribution in [1.29, 1.82) is 0 Å². The lowest BCUT2D eigenvalue weighted by Gasteiger charge is -2.13. The van der Waals surface area contributed by atoms with Gasteiger partial charge < -0.3 is 15.2 Å². The molecule has 5 nitrogen and oxygen atoms in total. The van der Waals surface area contributed by atoms with Crippen molar-refractivity contribution in [3.63, 3.8) is 0 Å². The van der Waals surface area contributed by atoms with E-state index in [4.69, 9.17) is 15.2 Å². The van der Waals surface area contributed by atoms with Crippen LogP contribution in [-0.2, 0) is 13.5 Å². The van der Waals surface area contributed by atoms with Gasteiger partial charge in [-0.3, -0.25) is 0 Å². The van der Waals surface area contributed by atoms with Crippen LogP contribution in [0.3, 0.4) is 0 Å². The summed E-state index contributed by atoms with van der Waals surface area (Å²) in [5, 5.41) is 4.43. The Kier molecular flexibility index (Phi) is 4.85. The number of benzene rings is 1. The largest absolute Gasteiger partial charge is 0.490 e. The Bertz CT molecular complexity index is 606. The summed E-state index contributed by atoms with van der Waals surface area (Å²) in [6.45, 7) is 6.49. The molecule has 0 saturated heterocycles. The van der Waals surface area contributed by atoms with Gasteiger partial charge in [-0.2, -0.15) is 5.10 Å². The molecule has 21 heavy (non-hydrogen) atoms. The quantitative estimate of drug-likeness (QED) is 0.888. The van der Waals surface area contributed by atoms with Crippen LogP contribution in [0.2, 0.25) is 0 Å². The lowest BCUT2D eigenvalue weighted by Crippen LogP contribution is -2.18. The van der Waals surface area contributed by atoms with E-state index in [0.717, 1.165) is 29.3 Å². The van der Waals surface area contributed by atoms with E-state index in [1.165, 1.54) is 0 Å². The van der Waals surface area contributed by atoms with E-state index in [2.05, 4.69) is 5.10 Å². The molecule has 0 aliphatic rings. The highest BCUT2D eigenvalue weighted by molar-refractivity contribution is 5.44. The fourth-order valence-corrected chi connectivity index (χ4v) is 2.28. The third-order valence-corrected chi connectivity index (χ3v) is 3.17. The van der Waals surface area contributed by atoms with Gasteiger partial charge in [-0.25, -0.2) is 4.68 Å². The number of ether oxygens (including phenoxy) is 2. The molecule has 0 saturated carbocycles. The van der Waals surface area contributed by atoms with Gasteiger partial charge in [-0.15, -0.1) is 0 Å². The fourth-order valence-electron chi connectivity index (χ4n) is 2.28. The predicted molar refractivity (Wildman–Crippen MR) is 83.0 cm³/mol. The molecule has 2 N–H and O–H groups in total. The van der Waals surface area contributed by atoms with Crippen molar-refractivity contribution in [2.45, 2.75) is 33.2 Å². The van der Waals surface area contributed by atoms with E-state index in [-0.39, 0.29) is 6.04 Å². The van der Waals surface area contributed by atoms with E-state index in [0.29, 0.717) is 12.4 Å². The van der Waals surface area contributed by atoms with Crippen molar-refractivity contribution in [2.75, 3.05) is 6.61 Å². The molecule has 0 aliphatic carbocycles. The topological polar surface area (TPSA) is 62.3 Å². The third kappa shape index (κ3) is 3.55. The first-order chi connectivity index (χ1) is 10.0. The van der Waals surface area contributed by atoms with Gasteiger partial charge in [0.1, 0.15) is 0 Å². The number of aromatic nitrogens is 2. The Morgan fingerprint density at radius 1 is 1.29 bits per heavy atom. The molecule has 2 rings (SSSR count). The summed E-state index contributed by atoms with van der Waals surface area (Å²) >= 11 is 0. The second-order valence-electron chi connectivity index (χ2n) is 5.16. The minimum Gasteiger partial charge on any atom is -0.490 e. The maximum atomic E-state index is 6.07. The van der Waals surface area contributed by atoms with Gasteiger partial charge in [0, 0.05) is 18.7 Å². The summed E-state index contributed by atoms with van der Waals surface area (Å²) in [7, 11) is 1.87. The number of hydrogen-bond donors (Lipinski definition) is 1. The Hall–Kier alpha value is -2.01. The van der Waals surface area contributed by atoms with Gasteiger partial charge in [0.05, 0.1) is 12.3 Å². The normalized spacial score (nSPS) is 12.2. The summed E-state index contributed by atoms with van der Waals surface area (Å²) in [5.74, 6) is 2.14. The number of nitrogens with zero attached hydrogens (tertiary/aromatic N) is 2. The molecule has 1 aromatic carbocycles. The zero-order chi connectivity index (χ0) is 15.4. The van der Waals surface area contributed by atoms with Gasteiger partial charge in [0.15, 0.2) is 11.5 Å². The van der Waals surface area contributed by atoms with Crippen molar-refractivity contribution in [3.8, 4) is 17.4 Å². The Balaban J connectivity index is 2.35. The lowest BCUT2D eigenvalue weighted by atomic mass is 10.1. The number of para-hydroxylation sites is 2. The predicted octanol–water partition coefficient (Wildman–Crippen LogP) is 2.81. The summed E-state index contributed by atoms with van der Waals surface area (Å²) in [6, 6.07) is 7.69. The molecule has 0 bridgehead atoms. The molecule has 5 heteroatoms. The zero-order valence-corrected chi connectivity index (χ0v) is 13.1. The van der Waals surface area contributed by atoms with Crippen molar-refractivity contribution in [3.05, 3.63) is 35.5 Å².